The van der Waals surface area contributed by atoms with Crippen molar-refractivity contribution in [3.63, 3.8) is 0 Å². The molecule has 2 saturated heterocycles. The molecule has 5 rings (SSSR count). The van der Waals surface area contributed by atoms with E-state index in [1.54, 1.807) is 15.8 Å². The largest absolute Gasteiger partial charge is 0.443 e. The molecule has 2 aromatic heterocycles. The molecule has 0 spiro atoms. The summed E-state index contributed by atoms with van der Waals surface area (Å²) in [5, 5.41) is 5.22. The van der Waals surface area contributed by atoms with Gasteiger partial charge in [0.25, 0.3) is 0 Å². The molecule has 0 unspecified atom stereocenters. The Labute approximate surface area is 205 Å². The fourth-order valence-corrected chi connectivity index (χ4v) is 5.36. The first-order valence-corrected chi connectivity index (χ1v) is 12.5. The minimum Gasteiger partial charge on any atom is -0.443 e. The monoisotopic (exact) mass is 488 g/mol. The molecule has 2 aromatic rings. The highest BCUT2D eigenvalue weighted by Gasteiger charge is 2.56. The molecule has 192 valence electrons. The van der Waals surface area contributed by atoms with Gasteiger partial charge >= 0.3 is 6.09 Å². The van der Waals surface area contributed by atoms with Gasteiger partial charge in [0.1, 0.15) is 17.8 Å². The molecular weight excluding hydrogens is 452 g/mol. The highest BCUT2D eigenvalue weighted by atomic mass is 16.8. The van der Waals surface area contributed by atoms with E-state index in [1.165, 1.54) is 0 Å². The Morgan fingerprint density at radius 1 is 1.23 bits per heavy atom. The second-order valence-corrected chi connectivity index (χ2v) is 11.1. The number of nitrogens with two attached hydrogens (primary N) is 1. The summed E-state index contributed by atoms with van der Waals surface area (Å²) in [6.07, 6.45) is 4.54. The molecule has 1 saturated carbocycles. The molecule has 3 fully saturated rings. The lowest BCUT2D eigenvalue weighted by atomic mass is 10.1. The van der Waals surface area contributed by atoms with Gasteiger partial charge in [0, 0.05) is 6.04 Å². The smallest absolute Gasteiger partial charge is 0.416 e. The zero-order valence-electron chi connectivity index (χ0n) is 21.4. The Hall–Kier alpha value is -2.50. The standard InChI is InChI=1S/C24H36N6O5/c1-7-15-16-17(34-24(5,6)33-16)20(32-15)30-19-14(12-26-30)18(27-21(25)28-19)29(13-10-8-9-11-13)22(31)35-23(2,3)4/h12-13,15-17,20H,7-11H2,1-6H3,(H2,25,27,28)/t15-,16-,17-,20-/m1/s1. The lowest BCUT2D eigenvalue weighted by Gasteiger charge is -2.31. The maximum absolute atomic E-state index is 13.4. The fourth-order valence-electron chi connectivity index (χ4n) is 5.36. The molecule has 2 N–H and O–H groups in total. The van der Waals surface area contributed by atoms with Crippen molar-refractivity contribution in [3.05, 3.63) is 6.20 Å². The van der Waals surface area contributed by atoms with Gasteiger partial charge in [0.15, 0.2) is 23.5 Å². The third-order valence-corrected chi connectivity index (χ3v) is 6.73. The molecule has 1 amide bonds. The van der Waals surface area contributed by atoms with Crippen LogP contribution in [0.1, 0.15) is 79.9 Å². The molecule has 1 aliphatic carbocycles. The van der Waals surface area contributed by atoms with Crippen molar-refractivity contribution in [2.45, 2.75) is 116 Å². The molecule has 11 nitrogen and oxygen atoms in total. The number of aromatic nitrogens is 4. The Balaban J connectivity index is 1.57. The Morgan fingerprint density at radius 3 is 2.57 bits per heavy atom. The molecule has 4 atom stereocenters. The van der Waals surface area contributed by atoms with Crippen LogP contribution in [0.4, 0.5) is 16.6 Å². The molecule has 4 heterocycles. The predicted molar refractivity (Wildman–Crippen MR) is 129 cm³/mol. The van der Waals surface area contributed by atoms with Crippen LogP contribution in [0, 0.1) is 0 Å². The van der Waals surface area contributed by atoms with Crippen LogP contribution in [0.15, 0.2) is 6.20 Å². The Kier molecular flexibility index (Phi) is 5.92. The van der Waals surface area contributed by atoms with Gasteiger partial charge in [0.05, 0.1) is 17.7 Å². The van der Waals surface area contributed by atoms with Crippen molar-refractivity contribution >= 4 is 28.9 Å². The number of hydrogen-bond donors (Lipinski definition) is 1. The van der Waals surface area contributed by atoms with Gasteiger partial charge in [-0.25, -0.2) is 9.48 Å². The summed E-state index contributed by atoms with van der Waals surface area (Å²) in [5.74, 6) is -0.264. The van der Waals surface area contributed by atoms with Crippen LogP contribution in [-0.2, 0) is 18.9 Å². The average Bonchev–Trinajstić information content (AvgIpc) is 3.50. The second kappa shape index (κ2) is 8.56. The van der Waals surface area contributed by atoms with Gasteiger partial charge in [-0.15, -0.1) is 0 Å². The highest BCUT2D eigenvalue weighted by molar-refractivity contribution is 5.98. The first kappa shape index (κ1) is 24.2. The number of ether oxygens (including phenoxy) is 4. The van der Waals surface area contributed by atoms with Crippen molar-refractivity contribution in [2.75, 3.05) is 10.6 Å². The number of rotatable bonds is 4. The number of amides is 1. The van der Waals surface area contributed by atoms with Crippen LogP contribution in [-0.4, -0.2) is 61.6 Å². The van der Waals surface area contributed by atoms with E-state index in [1.807, 2.05) is 34.6 Å². The van der Waals surface area contributed by atoms with Gasteiger partial charge in [-0.1, -0.05) is 19.8 Å². The molecule has 0 bridgehead atoms. The van der Waals surface area contributed by atoms with Crippen molar-refractivity contribution in [1.82, 2.24) is 19.7 Å². The zero-order valence-corrected chi connectivity index (χ0v) is 21.4. The number of hydrogen-bond acceptors (Lipinski definition) is 9. The third-order valence-electron chi connectivity index (χ3n) is 6.73. The van der Waals surface area contributed by atoms with E-state index in [4.69, 9.17) is 24.7 Å². The van der Waals surface area contributed by atoms with Crippen molar-refractivity contribution in [1.29, 1.82) is 0 Å². The number of nitrogen functional groups attached to an aromatic ring is 1. The predicted octanol–water partition coefficient (Wildman–Crippen LogP) is 3.92. The maximum atomic E-state index is 13.4. The molecule has 3 aliphatic rings. The van der Waals surface area contributed by atoms with Crippen LogP contribution >= 0.6 is 0 Å². The lowest BCUT2D eigenvalue weighted by molar-refractivity contribution is -0.197. The first-order valence-electron chi connectivity index (χ1n) is 12.5. The number of nitrogens with zero attached hydrogens (tertiary/aromatic N) is 5. The van der Waals surface area contributed by atoms with E-state index in [0.717, 1.165) is 32.1 Å². The molecule has 0 radical (unpaired) electrons. The summed E-state index contributed by atoms with van der Waals surface area (Å²) in [6, 6.07) is -0.0327. The van der Waals surface area contributed by atoms with E-state index in [-0.39, 0.29) is 30.3 Å². The summed E-state index contributed by atoms with van der Waals surface area (Å²) in [6.45, 7) is 11.4. The topological polar surface area (TPSA) is 127 Å². The molecule has 35 heavy (non-hydrogen) atoms. The Morgan fingerprint density at radius 2 is 1.91 bits per heavy atom. The minimum absolute atomic E-state index is 0.0327. The first-order chi connectivity index (χ1) is 16.5. The number of anilines is 2. The van der Waals surface area contributed by atoms with Crippen molar-refractivity contribution < 1.29 is 23.7 Å². The average molecular weight is 489 g/mol. The van der Waals surface area contributed by atoms with E-state index in [9.17, 15) is 4.79 Å². The van der Waals surface area contributed by atoms with Gasteiger partial charge in [0.2, 0.25) is 5.95 Å². The second-order valence-electron chi connectivity index (χ2n) is 11.1. The molecule has 2 aliphatic heterocycles. The van der Waals surface area contributed by atoms with Crippen LogP contribution < -0.4 is 10.6 Å². The summed E-state index contributed by atoms with van der Waals surface area (Å²) in [5.41, 5.74) is 6.01. The van der Waals surface area contributed by atoms with Crippen LogP contribution in [0.2, 0.25) is 0 Å². The van der Waals surface area contributed by atoms with E-state index in [0.29, 0.717) is 16.9 Å². The minimum atomic E-state index is -0.719. The van der Waals surface area contributed by atoms with Crippen LogP contribution in [0.25, 0.3) is 11.0 Å². The van der Waals surface area contributed by atoms with Crippen LogP contribution in [0.3, 0.4) is 0 Å². The van der Waals surface area contributed by atoms with E-state index < -0.39 is 23.7 Å². The molecule has 11 heteroatoms. The van der Waals surface area contributed by atoms with Gasteiger partial charge in [-0.05, 0) is 53.9 Å². The summed E-state index contributed by atoms with van der Waals surface area (Å²) >= 11 is 0. The maximum Gasteiger partial charge on any atom is 0.416 e. The molecule has 0 aromatic carbocycles. The number of carbonyl (C=O) groups excluding carboxylic acids is 1. The Bertz CT molecular complexity index is 1110. The number of fused-ring (bicyclic) bond motifs is 2. The number of carbonyl (C=O) groups is 1. The highest BCUT2D eigenvalue weighted by Crippen LogP contribution is 2.45. The summed E-state index contributed by atoms with van der Waals surface area (Å²) in [7, 11) is 0. The molecular formula is C24H36N6O5. The van der Waals surface area contributed by atoms with Crippen molar-refractivity contribution in [3.8, 4) is 0 Å². The van der Waals surface area contributed by atoms with Gasteiger partial charge in [-0.2, -0.15) is 15.1 Å². The lowest BCUT2D eigenvalue weighted by Crippen LogP contribution is -2.43. The van der Waals surface area contributed by atoms with E-state index >= 15 is 0 Å². The van der Waals surface area contributed by atoms with Crippen LogP contribution in [0.5, 0.6) is 0 Å². The summed E-state index contributed by atoms with van der Waals surface area (Å²) in [4.78, 5) is 24.0. The quantitative estimate of drug-likeness (QED) is 0.681. The van der Waals surface area contributed by atoms with E-state index in [2.05, 4.69) is 22.0 Å². The SMILES string of the molecule is CC[C@H]1O[C@@H](n2ncc3c(N(C(=O)OC(C)(C)C)C4CCCC4)nc(N)nc32)[C@@H]2OC(C)(C)O[C@@H]21. The zero-order chi connectivity index (χ0) is 25.1. The fraction of sp³-hybridized carbons (Fsp3) is 0.750. The van der Waals surface area contributed by atoms with Crippen molar-refractivity contribution in [2.24, 2.45) is 0 Å². The summed E-state index contributed by atoms with van der Waals surface area (Å²) < 4.78 is 26.1. The third kappa shape index (κ3) is 4.45. The van der Waals surface area contributed by atoms with Gasteiger partial charge < -0.3 is 24.7 Å². The normalized spacial score (nSPS) is 28.5. The van der Waals surface area contributed by atoms with Gasteiger partial charge in [-0.3, -0.25) is 4.90 Å².